The van der Waals surface area contributed by atoms with Gasteiger partial charge in [-0.15, -0.1) is 0 Å². The molecule has 1 aliphatic rings. The van der Waals surface area contributed by atoms with Crippen molar-refractivity contribution in [1.29, 1.82) is 0 Å². The molecule has 1 aliphatic carbocycles. The molecule has 0 nitrogen and oxygen atoms in total. The van der Waals surface area contributed by atoms with E-state index < -0.39 is 0 Å². The van der Waals surface area contributed by atoms with E-state index in [4.69, 9.17) is 0 Å². The van der Waals surface area contributed by atoms with Crippen LogP contribution in [0.3, 0.4) is 0 Å². The van der Waals surface area contributed by atoms with E-state index in [0.717, 1.165) is 10.7 Å². The van der Waals surface area contributed by atoms with Gasteiger partial charge in [-0.3, -0.25) is 0 Å². The predicted molar refractivity (Wildman–Crippen MR) is 35.7 cm³/mol. The van der Waals surface area contributed by atoms with E-state index in [1.807, 2.05) is 0 Å². The molecule has 0 heterocycles. The third-order valence-electron chi connectivity index (χ3n) is 2.21. The summed E-state index contributed by atoms with van der Waals surface area (Å²) in [5.41, 5.74) is 0.583. The van der Waals surface area contributed by atoms with Crippen LogP contribution in [0.2, 0.25) is 0 Å². The van der Waals surface area contributed by atoms with E-state index in [2.05, 4.69) is 36.7 Å². The van der Waals surface area contributed by atoms with Gasteiger partial charge in [-0.25, -0.2) is 0 Å². The molecular formula is C6H11Br. The maximum atomic E-state index is 3.57. The summed E-state index contributed by atoms with van der Waals surface area (Å²) in [6, 6.07) is 0. The second-order valence-electron chi connectivity index (χ2n) is 3.01. The lowest BCUT2D eigenvalue weighted by molar-refractivity contribution is 0.588. The first kappa shape index (κ1) is 5.61. The number of hydrogen-bond donors (Lipinski definition) is 0. The molecule has 1 saturated carbocycles. The van der Waals surface area contributed by atoms with Gasteiger partial charge in [0.05, 0.1) is 0 Å². The summed E-state index contributed by atoms with van der Waals surface area (Å²) in [7, 11) is 0. The highest BCUT2D eigenvalue weighted by Gasteiger charge is 2.52. The first-order valence-electron chi connectivity index (χ1n) is 2.71. The highest BCUT2D eigenvalue weighted by atomic mass is 79.9. The van der Waals surface area contributed by atoms with Crippen molar-refractivity contribution in [2.45, 2.75) is 25.6 Å². The van der Waals surface area contributed by atoms with Gasteiger partial charge in [-0.1, -0.05) is 36.7 Å². The highest BCUT2D eigenvalue weighted by molar-refractivity contribution is 9.09. The molecule has 0 aliphatic heterocycles. The number of hydrogen-bond acceptors (Lipinski definition) is 0. The van der Waals surface area contributed by atoms with Crippen molar-refractivity contribution in [3.05, 3.63) is 0 Å². The topological polar surface area (TPSA) is 0 Å². The number of rotatable bonds is 0. The van der Waals surface area contributed by atoms with Crippen LogP contribution in [0.4, 0.5) is 0 Å². The van der Waals surface area contributed by atoms with Gasteiger partial charge in [0.15, 0.2) is 0 Å². The minimum Gasteiger partial charge on any atom is -0.0882 e. The summed E-state index contributed by atoms with van der Waals surface area (Å²) >= 11 is 3.57. The Morgan fingerprint density at radius 2 is 1.57 bits per heavy atom. The summed E-state index contributed by atoms with van der Waals surface area (Å²) in [4.78, 5) is 0.778. The third-order valence-corrected chi connectivity index (χ3v) is 4.19. The van der Waals surface area contributed by atoms with Gasteiger partial charge in [0.1, 0.15) is 0 Å². The Labute approximate surface area is 53.4 Å². The van der Waals surface area contributed by atoms with Gasteiger partial charge in [-0.05, 0) is 11.3 Å². The van der Waals surface area contributed by atoms with Crippen molar-refractivity contribution in [2.75, 3.05) is 0 Å². The van der Waals surface area contributed by atoms with E-state index in [-0.39, 0.29) is 0 Å². The van der Waals surface area contributed by atoms with Crippen LogP contribution in [0.5, 0.6) is 0 Å². The SMILES string of the molecule is C[C@H]1C(Br)C1(C)C. The summed E-state index contributed by atoms with van der Waals surface area (Å²) in [5, 5.41) is 0. The van der Waals surface area contributed by atoms with E-state index >= 15 is 0 Å². The monoisotopic (exact) mass is 162 g/mol. The second-order valence-corrected chi connectivity index (χ2v) is 4.00. The summed E-state index contributed by atoms with van der Waals surface area (Å²) < 4.78 is 0. The molecular weight excluding hydrogens is 152 g/mol. The fraction of sp³-hybridized carbons (Fsp3) is 1.00. The van der Waals surface area contributed by atoms with E-state index in [1.165, 1.54) is 0 Å². The molecule has 0 N–H and O–H groups in total. The zero-order valence-electron chi connectivity index (χ0n) is 5.03. The Kier molecular flexibility index (Phi) is 1.00. The molecule has 0 radical (unpaired) electrons. The Morgan fingerprint density at radius 3 is 1.57 bits per heavy atom. The molecule has 1 heteroatoms. The smallest absolute Gasteiger partial charge is 0.0230 e. The average Bonchev–Trinajstić information content (AvgIpc) is 1.91. The van der Waals surface area contributed by atoms with Crippen molar-refractivity contribution < 1.29 is 0 Å². The van der Waals surface area contributed by atoms with Gasteiger partial charge in [0, 0.05) is 4.83 Å². The molecule has 0 amide bonds. The van der Waals surface area contributed by atoms with Crippen LogP contribution in [-0.2, 0) is 0 Å². The Hall–Kier alpha value is 0.480. The van der Waals surface area contributed by atoms with Crippen LogP contribution in [0.25, 0.3) is 0 Å². The Morgan fingerprint density at radius 1 is 1.43 bits per heavy atom. The maximum absolute atomic E-state index is 3.57. The average molecular weight is 163 g/mol. The summed E-state index contributed by atoms with van der Waals surface area (Å²) in [5.74, 6) is 0.882. The van der Waals surface area contributed by atoms with Crippen molar-refractivity contribution in [3.8, 4) is 0 Å². The zero-order chi connectivity index (χ0) is 5.65. The molecule has 7 heavy (non-hydrogen) atoms. The van der Waals surface area contributed by atoms with E-state index in [0.29, 0.717) is 5.41 Å². The van der Waals surface area contributed by atoms with Gasteiger partial charge in [0.2, 0.25) is 0 Å². The normalized spacial score (nSPS) is 46.3. The van der Waals surface area contributed by atoms with Crippen molar-refractivity contribution >= 4 is 15.9 Å². The number of halogens is 1. The van der Waals surface area contributed by atoms with Gasteiger partial charge < -0.3 is 0 Å². The maximum Gasteiger partial charge on any atom is 0.0230 e. The molecule has 1 unspecified atom stereocenters. The van der Waals surface area contributed by atoms with Crippen LogP contribution >= 0.6 is 15.9 Å². The largest absolute Gasteiger partial charge is 0.0882 e. The lowest BCUT2D eigenvalue weighted by atomic mass is 10.1. The van der Waals surface area contributed by atoms with Crippen LogP contribution in [0.1, 0.15) is 20.8 Å². The van der Waals surface area contributed by atoms with Crippen LogP contribution < -0.4 is 0 Å². The van der Waals surface area contributed by atoms with Crippen LogP contribution in [0, 0.1) is 11.3 Å². The van der Waals surface area contributed by atoms with Gasteiger partial charge >= 0.3 is 0 Å². The third kappa shape index (κ3) is 0.620. The van der Waals surface area contributed by atoms with Crippen molar-refractivity contribution in [2.24, 2.45) is 11.3 Å². The Balaban J connectivity index is 2.52. The quantitative estimate of drug-likeness (QED) is 0.481. The molecule has 0 aromatic heterocycles. The van der Waals surface area contributed by atoms with Crippen LogP contribution in [0.15, 0.2) is 0 Å². The van der Waals surface area contributed by atoms with Crippen molar-refractivity contribution in [1.82, 2.24) is 0 Å². The van der Waals surface area contributed by atoms with Gasteiger partial charge in [0.25, 0.3) is 0 Å². The molecule has 0 aromatic rings. The summed E-state index contributed by atoms with van der Waals surface area (Å²) in [6.45, 7) is 6.85. The molecule has 2 atom stereocenters. The lowest BCUT2D eigenvalue weighted by Crippen LogP contribution is -1.86. The Bertz CT molecular complexity index is 76.2. The molecule has 1 fully saturated rings. The highest BCUT2D eigenvalue weighted by Crippen LogP contribution is 2.56. The van der Waals surface area contributed by atoms with E-state index in [1.54, 1.807) is 0 Å². The first-order valence-corrected chi connectivity index (χ1v) is 3.62. The first-order chi connectivity index (χ1) is 3.07. The molecule has 0 saturated heterocycles. The van der Waals surface area contributed by atoms with Gasteiger partial charge in [-0.2, -0.15) is 0 Å². The molecule has 0 bridgehead atoms. The molecule has 0 aromatic carbocycles. The predicted octanol–water partition coefficient (Wildman–Crippen LogP) is 2.43. The minimum absolute atomic E-state index is 0.583. The second kappa shape index (κ2) is 1.25. The number of alkyl halides is 1. The minimum atomic E-state index is 0.583. The zero-order valence-corrected chi connectivity index (χ0v) is 6.62. The molecule has 1 rings (SSSR count). The lowest BCUT2D eigenvalue weighted by Gasteiger charge is -1.93. The van der Waals surface area contributed by atoms with Crippen molar-refractivity contribution in [3.63, 3.8) is 0 Å². The standard InChI is InChI=1S/C6H11Br/c1-4-5(7)6(4,2)3/h4-5H,1-3H3/t4-,5?/m0/s1. The molecule has 42 valence electrons. The fourth-order valence-electron chi connectivity index (χ4n) is 0.822. The molecule has 0 spiro atoms. The summed E-state index contributed by atoms with van der Waals surface area (Å²) in [6.07, 6.45) is 0. The van der Waals surface area contributed by atoms with Crippen LogP contribution in [-0.4, -0.2) is 4.83 Å². The van der Waals surface area contributed by atoms with E-state index in [9.17, 15) is 0 Å². The fourth-order valence-corrected chi connectivity index (χ4v) is 1.77.